The van der Waals surface area contributed by atoms with E-state index in [2.05, 4.69) is 30.9 Å². The van der Waals surface area contributed by atoms with E-state index in [1.165, 1.54) is 0 Å². The van der Waals surface area contributed by atoms with Crippen molar-refractivity contribution >= 4 is 5.91 Å². The zero-order chi connectivity index (χ0) is 19.8. The van der Waals surface area contributed by atoms with Crippen LogP contribution in [-0.4, -0.2) is 91.9 Å². The smallest absolute Gasteiger partial charge is 0.254 e. The molecule has 1 amide bonds. The monoisotopic (exact) mass is 377 g/mol. The Labute approximate surface area is 163 Å². The van der Waals surface area contributed by atoms with Gasteiger partial charge in [0.25, 0.3) is 5.91 Å². The molecule has 0 aromatic heterocycles. The van der Waals surface area contributed by atoms with Crippen molar-refractivity contribution in [1.29, 1.82) is 0 Å². The number of nitrogens with zero attached hydrogens (tertiary/aromatic N) is 3. The third kappa shape index (κ3) is 7.22. The summed E-state index contributed by atoms with van der Waals surface area (Å²) in [5.74, 6) is -0.142. The summed E-state index contributed by atoms with van der Waals surface area (Å²) in [6, 6.07) is 9.87. The highest BCUT2D eigenvalue weighted by Gasteiger charge is 2.36. The summed E-state index contributed by atoms with van der Waals surface area (Å²) in [5.41, 5.74) is 1.07. The average molecular weight is 378 g/mol. The molecule has 0 saturated carbocycles. The number of carbonyl (C=O) groups excluding carboxylic acids is 1. The van der Waals surface area contributed by atoms with E-state index in [9.17, 15) is 9.90 Å². The molecular weight excluding hydrogens is 342 g/mol. The predicted octanol–water partition coefficient (Wildman–Crippen LogP) is 1.44. The maximum Gasteiger partial charge on any atom is 0.254 e. The summed E-state index contributed by atoms with van der Waals surface area (Å²) in [4.78, 5) is 18.9. The molecule has 3 atom stereocenters. The van der Waals surface area contributed by atoms with Crippen molar-refractivity contribution < 1.29 is 14.6 Å². The van der Waals surface area contributed by atoms with Gasteiger partial charge in [0, 0.05) is 33.2 Å². The molecule has 2 rings (SSSR count). The van der Waals surface area contributed by atoms with Crippen LogP contribution >= 0.6 is 0 Å². The van der Waals surface area contributed by atoms with Crippen LogP contribution in [0.25, 0.3) is 0 Å². The Morgan fingerprint density at radius 2 is 1.78 bits per heavy atom. The minimum atomic E-state index is -0.760. The fraction of sp³-hybridized carbons (Fsp3) is 0.667. The number of hydrogen-bond acceptors (Lipinski definition) is 5. The van der Waals surface area contributed by atoms with Gasteiger partial charge in [-0.05, 0) is 46.0 Å². The lowest BCUT2D eigenvalue weighted by Gasteiger charge is -2.35. The minimum Gasteiger partial charge on any atom is -0.390 e. The maximum absolute atomic E-state index is 12.8. The van der Waals surface area contributed by atoms with Crippen LogP contribution in [-0.2, 0) is 16.1 Å². The molecule has 1 heterocycles. The zero-order valence-corrected chi connectivity index (χ0v) is 17.2. The molecule has 3 unspecified atom stereocenters. The zero-order valence-electron chi connectivity index (χ0n) is 17.2. The van der Waals surface area contributed by atoms with E-state index in [1.54, 1.807) is 11.9 Å². The number of benzene rings is 1. The minimum absolute atomic E-state index is 0.0225. The molecule has 0 radical (unpaired) electrons. The van der Waals surface area contributed by atoms with Crippen LogP contribution in [0.2, 0.25) is 0 Å². The Bertz CT molecular complexity index is 567. The Balaban J connectivity index is 1.83. The summed E-state index contributed by atoms with van der Waals surface area (Å²) in [6.45, 7) is 3.47. The molecule has 0 aliphatic carbocycles. The van der Waals surface area contributed by atoms with Crippen molar-refractivity contribution in [2.45, 2.75) is 44.1 Å². The molecule has 0 bridgehead atoms. The van der Waals surface area contributed by atoms with E-state index >= 15 is 0 Å². The normalized spacial score (nSPS) is 23.0. The van der Waals surface area contributed by atoms with Crippen LogP contribution in [0.15, 0.2) is 30.3 Å². The first-order valence-corrected chi connectivity index (χ1v) is 9.82. The van der Waals surface area contributed by atoms with Crippen LogP contribution in [0.1, 0.15) is 24.8 Å². The highest BCUT2D eigenvalue weighted by Crippen LogP contribution is 2.23. The number of carbonyl (C=O) groups is 1. The van der Waals surface area contributed by atoms with Crippen LogP contribution in [0.4, 0.5) is 0 Å². The number of ether oxygens (including phenoxy) is 1. The van der Waals surface area contributed by atoms with Crippen LogP contribution in [0.3, 0.4) is 0 Å². The SMILES string of the molecule is CN(C)CCN(C)CCC1CCC(O)C(C(=O)N(C)Cc2ccccc2)O1. The number of aliphatic hydroxyl groups excluding tert-OH is 1. The molecule has 152 valence electrons. The molecule has 1 aliphatic rings. The van der Waals surface area contributed by atoms with E-state index in [1.807, 2.05) is 30.3 Å². The number of rotatable bonds is 9. The standard InChI is InChI=1S/C21H35N3O3/c1-22(2)14-15-23(3)13-12-18-10-11-19(25)20(27-18)21(26)24(4)16-17-8-6-5-7-9-17/h5-9,18-20,25H,10-16H2,1-4H3. The summed E-state index contributed by atoms with van der Waals surface area (Å²) in [5, 5.41) is 10.3. The van der Waals surface area contributed by atoms with Crippen LogP contribution < -0.4 is 0 Å². The van der Waals surface area contributed by atoms with Gasteiger partial charge in [-0.1, -0.05) is 30.3 Å². The molecule has 27 heavy (non-hydrogen) atoms. The van der Waals surface area contributed by atoms with Gasteiger partial charge in [0.15, 0.2) is 6.10 Å². The van der Waals surface area contributed by atoms with E-state index in [0.717, 1.165) is 38.0 Å². The highest BCUT2D eigenvalue weighted by atomic mass is 16.5. The largest absolute Gasteiger partial charge is 0.390 e. The third-order valence-corrected chi connectivity index (χ3v) is 5.12. The Hall–Kier alpha value is -1.47. The molecule has 1 fully saturated rings. The summed E-state index contributed by atoms with van der Waals surface area (Å²) < 4.78 is 6.02. The van der Waals surface area contributed by atoms with Gasteiger partial charge in [-0.2, -0.15) is 0 Å². The second-order valence-corrected chi connectivity index (χ2v) is 7.90. The summed E-state index contributed by atoms with van der Waals surface area (Å²) in [6.07, 6.45) is 0.830. The molecule has 6 nitrogen and oxygen atoms in total. The first-order chi connectivity index (χ1) is 12.9. The first kappa shape index (κ1) is 21.8. The number of aliphatic hydroxyl groups is 1. The molecular formula is C21H35N3O3. The van der Waals surface area contributed by atoms with Gasteiger partial charge in [-0.25, -0.2) is 0 Å². The Kier molecular flexibility index (Phi) is 8.70. The molecule has 0 spiro atoms. The van der Waals surface area contributed by atoms with Gasteiger partial charge >= 0.3 is 0 Å². The van der Waals surface area contributed by atoms with Crippen molar-refractivity contribution in [3.63, 3.8) is 0 Å². The van der Waals surface area contributed by atoms with Crippen LogP contribution in [0.5, 0.6) is 0 Å². The van der Waals surface area contributed by atoms with E-state index in [0.29, 0.717) is 13.0 Å². The Morgan fingerprint density at radius 3 is 2.44 bits per heavy atom. The second kappa shape index (κ2) is 10.8. The lowest BCUT2D eigenvalue weighted by atomic mass is 9.98. The second-order valence-electron chi connectivity index (χ2n) is 7.90. The van der Waals surface area contributed by atoms with Gasteiger partial charge in [-0.3, -0.25) is 4.79 Å². The summed E-state index contributed by atoms with van der Waals surface area (Å²) in [7, 11) is 8.02. The average Bonchev–Trinajstić information content (AvgIpc) is 2.65. The van der Waals surface area contributed by atoms with Gasteiger partial charge in [0.1, 0.15) is 0 Å². The van der Waals surface area contributed by atoms with Crippen molar-refractivity contribution in [3.8, 4) is 0 Å². The molecule has 1 aromatic carbocycles. The quantitative estimate of drug-likeness (QED) is 0.706. The lowest BCUT2D eigenvalue weighted by Crippen LogP contribution is -2.49. The van der Waals surface area contributed by atoms with E-state index in [-0.39, 0.29) is 12.0 Å². The van der Waals surface area contributed by atoms with Crippen molar-refractivity contribution in [3.05, 3.63) is 35.9 Å². The van der Waals surface area contributed by atoms with Crippen molar-refractivity contribution in [2.75, 3.05) is 47.8 Å². The Morgan fingerprint density at radius 1 is 1.07 bits per heavy atom. The third-order valence-electron chi connectivity index (χ3n) is 5.12. The highest BCUT2D eigenvalue weighted by molar-refractivity contribution is 5.81. The first-order valence-electron chi connectivity index (χ1n) is 9.82. The summed E-state index contributed by atoms with van der Waals surface area (Å²) >= 11 is 0. The molecule has 1 aromatic rings. The predicted molar refractivity (Wildman–Crippen MR) is 107 cm³/mol. The molecule has 1 aliphatic heterocycles. The van der Waals surface area contributed by atoms with Crippen LogP contribution in [0, 0.1) is 0 Å². The van der Waals surface area contributed by atoms with Gasteiger partial charge in [-0.15, -0.1) is 0 Å². The maximum atomic E-state index is 12.8. The molecule has 1 N–H and O–H groups in total. The van der Waals surface area contributed by atoms with E-state index < -0.39 is 12.2 Å². The lowest BCUT2D eigenvalue weighted by molar-refractivity contribution is -0.167. The fourth-order valence-corrected chi connectivity index (χ4v) is 3.31. The number of hydrogen-bond donors (Lipinski definition) is 1. The van der Waals surface area contributed by atoms with Gasteiger partial charge in [0.05, 0.1) is 12.2 Å². The van der Waals surface area contributed by atoms with Gasteiger partial charge < -0.3 is 24.5 Å². The topological polar surface area (TPSA) is 56.2 Å². The van der Waals surface area contributed by atoms with E-state index in [4.69, 9.17) is 4.74 Å². The molecule has 1 saturated heterocycles. The molecule has 6 heteroatoms. The van der Waals surface area contributed by atoms with Crippen molar-refractivity contribution in [2.24, 2.45) is 0 Å². The number of amides is 1. The van der Waals surface area contributed by atoms with Crippen molar-refractivity contribution in [1.82, 2.24) is 14.7 Å². The van der Waals surface area contributed by atoms with Gasteiger partial charge in [0.2, 0.25) is 0 Å². The number of likely N-dealkylation sites (N-methyl/N-ethyl adjacent to an activating group) is 3. The fourth-order valence-electron chi connectivity index (χ4n) is 3.31.